The number of nitrogens with one attached hydrogen (secondary N) is 1. The smallest absolute Gasteiger partial charge is 0.152 e. The van der Waals surface area contributed by atoms with Gasteiger partial charge < -0.3 is 11.1 Å². The van der Waals surface area contributed by atoms with E-state index in [1.54, 1.807) is 13.0 Å². The van der Waals surface area contributed by atoms with E-state index in [2.05, 4.69) is 5.32 Å². The molecule has 0 bridgehead atoms. The summed E-state index contributed by atoms with van der Waals surface area (Å²) in [5.74, 6) is -0.285. The lowest BCUT2D eigenvalue weighted by atomic mass is 10.0. The molecular weight excluding hydrogens is 243 g/mol. The lowest BCUT2D eigenvalue weighted by Gasteiger charge is -2.25. The molecule has 2 rings (SSSR count). The summed E-state index contributed by atoms with van der Waals surface area (Å²) in [5.41, 5.74) is 5.48. The molecule has 17 heavy (non-hydrogen) atoms. The molecule has 1 saturated heterocycles. The second-order valence-corrected chi connectivity index (χ2v) is 6.95. The SMILES string of the molecule is CC1(Nc2ccc(N)cc2F)CCS(=O)(=O)C1. The van der Waals surface area contributed by atoms with Gasteiger partial charge in [0.1, 0.15) is 5.82 Å². The van der Waals surface area contributed by atoms with Gasteiger partial charge in [-0.15, -0.1) is 0 Å². The Morgan fingerprint density at radius 1 is 1.47 bits per heavy atom. The van der Waals surface area contributed by atoms with Crippen molar-refractivity contribution < 1.29 is 12.8 Å². The molecule has 0 amide bonds. The number of nitrogens with two attached hydrogens (primary N) is 1. The maximum atomic E-state index is 13.6. The van der Waals surface area contributed by atoms with E-state index >= 15 is 0 Å². The third kappa shape index (κ3) is 2.69. The van der Waals surface area contributed by atoms with E-state index in [1.807, 2.05) is 0 Å². The number of benzene rings is 1. The zero-order valence-electron chi connectivity index (χ0n) is 9.53. The molecule has 1 aliphatic heterocycles. The minimum absolute atomic E-state index is 0.0316. The van der Waals surface area contributed by atoms with Crippen molar-refractivity contribution >= 4 is 21.2 Å². The Hall–Kier alpha value is -1.30. The number of nitrogen functional groups attached to an aromatic ring is 1. The fourth-order valence-corrected chi connectivity index (χ4v) is 4.16. The van der Waals surface area contributed by atoms with E-state index in [1.165, 1.54) is 12.1 Å². The highest BCUT2D eigenvalue weighted by Crippen LogP contribution is 2.29. The van der Waals surface area contributed by atoms with Gasteiger partial charge >= 0.3 is 0 Å². The van der Waals surface area contributed by atoms with Gasteiger partial charge in [-0.3, -0.25) is 0 Å². The minimum atomic E-state index is -3.00. The van der Waals surface area contributed by atoms with Gasteiger partial charge in [-0.05, 0) is 31.5 Å². The zero-order chi connectivity index (χ0) is 12.7. The van der Waals surface area contributed by atoms with Gasteiger partial charge in [-0.25, -0.2) is 12.8 Å². The highest BCUT2D eigenvalue weighted by molar-refractivity contribution is 7.91. The minimum Gasteiger partial charge on any atom is -0.399 e. The number of rotatable bonds is 2. The third-order valence-corrected chi connectivity index (χ3v) is 4.84. The first-order chi connectivity index (χ1) is 7.80. The lowest BCUT2D eigenvalue weighted by Crippen LogP contribution is -2.36. The van der Waals surface area contributed by atoms with E-state index < -0.39 is 21.2 Å². The summed E-state index contributed by atoms with van der Waals surface area (Å²) in [5, 5.41) is 2.96. The van der Waals surface area contributed by atoms with Crippen molar-refractivity contribution in [3.05, 3.63) is 24.0 Å². The summed E-state index contributed by atoms with van der Waals surface area (Å²) in [6.45, 7) is 1.79. The monoisotopic (exact) mass is 258 g/mol. The van der Waals surface area contributed by atoms with E-state index in [0.29, 0.717) is 17.8 Å². The van der Waals surface area contributed by atoms with Crippen LogP contribution in [0.4, 0.5) is 15.8 Å². The quantitative estimate of drug-likeness (QED) is 0.786. The molecule has 1 heterocycles. The van der Waals surface area contributed by atoms with Gasteiger partial charge in [-0.2, -0.15) is 0 Å². The molecule has 1 aromatic rings. The number of hydrogen-bond donors (Lipinski definition) is 2. The van der Waals surface area contributed by atoms with Crippen molar-refractivity contribution in [3.63, 3.8) is 0 Å². The van der Waals surface area contributed by atoms with Gasteiger partial charge in [0.25, 0.3) is 0 Å². The Balaban J connectivity index is 2.22. The molecule has 1 fully saturated rings. The van der Waals surface area contributed by atoms with Crippen molar-refractivity contribution in [1.29, 1.82) is 0 Å². The Morgan fingerprint density at radius 3 is 2.71 bits per heavy atom. The number of sulfone groups is 1. The van der Waals surface area contributed by atoms with E-state index in [0.717, 1.165) is 0 Å². The highest BCUT2D eigenvalue weighted by atomic mass is 32.2. The van der Waals surface area contributed by atoms with Crippen LogP contribution in [0.5, 0.6) is 0 Å². The summed E-state index contributed by atoms with van der Waals surface area (Å²) >= 11 is 0. The molecule has 1 unspecified atom stereocenters. The molecule has 6 heteroatoms. The summed E-state index contributed by atoms with van der Waals surface area (Å²) in [6, 6.07) is 4.33. The first kappa shape index (κ1) is 12.2. The number of halogens is 1. The average Bonchev–Trinajstić information content (AvgIpc) is 2.46. The second-order valence-electron chi connectivity index (χ2n) is 4.77. The fraction of sp³-hybridized carbons (Fsp3) is 0.455. The zero-order valence-corrected chi connectivity index (χ0v) is 10.3. The van der Waals surface area contributed by atoms with Crippen LogP contribution in [-0.4, -0.2) is 25.5 Å². The lowest BCUT2D eigenvalue weighted by molar-refractivity contribution is 0.562. The Kier molecular flexibility index (Phi) is 2.77. The highest BCUT2D eigenvalue weighted by Gasteiger charge is 2.38. The molecule has 0 aliphatic carbocycles. The second kappa shape index (κ2) is 3.87. The van der Waals surface area contributed by atoms with Gasteiger partial charge in [0, 0.05) is 11.2 Å². The fourth-order valence-electron chi connectivity index (χ4n) is 2.07. The molecule has 0 radical (unpaired) electrons. The van der Waals surface area contributed by atoms with Crippen molar-refractivity contribution in [2.24, 2.45) is 0 Å². The first-order valence-electron chi connectivity index (χ1n) is 5.33. The van der Waals surface area contributed by atoms with Crippen molar-refractivity contribution in [3.8, 4) is 0 Å². The normalized spacial score (nSPS) is 26.9. The Bertz CT molecular complexity index is 544. The van der Waals surface area contributed by atoms with Crippen LogP contribution < -0.4 is 11.1 Å². The standard InChI is InChI=1S/C11H15FN2O2S/c1-11(4-5-17(15,16)7-11)14-10-3-2-8(13)6-9(10)12/h2-3,6,14H,4-5,7,13H2,1H3. The molecule has 0 spiro atoms. The molecule has 1 aliphatic rings. The van der Waals surface area contributed by atoms with Gasteiger partial charge in [0.05, 0.1) is 17.2 Å². The molecule has 1 aromatic carbocycles. The largest absolute Gasteiger partial charge is 0.399 e. The maximum absolute atomic E-state index is 13.6. The number of hydrogen-bond acceptors (Lipinski definition) is 4. The topological polar surface area (TPSA) is 72.2 Å². The summed E-state index contributed by atoms with van der Waals surface area (Å²) in [6.07, 6.45) is 0.485. The maximum Gasteiger partial charge on any atom is 0.152 e. The predicted molar refractivity (Wildman–Crippen MR) is 66.1 cm³/mol. The molecule has 4 nitrogen and oxygen atoms in total. The summed E-state index contributed by atoms with van der Waals surface area (Å²) in [4.78, 5) is 0. The molecule has 0 saturated carbocycles. The predicted octanol–water partition coefficient (Wildman–Crippen LogP) is 1.40. The van der Waals surface area contributed by atoms with Crippen molar-refractivity contribution in [2.75, 3.05) is 22.6 Å². The van der Waals surface area contributed by atoms with Crippen LogP contribution in [-0.2, 0) is 9.84 Å². The van der Waals surface area contributed by atoms with Crippen LogP contribution in [0.25, 0.3) is 0 Å². The van der Waals surface area contributed by atoms with Crippen LogP contribution in [0.2, 0.25) is 0 Å². The van der Waals surface area contributed by atoms with Crippen molar-refractivity contribution in [2.45, 2.75) is 18.9 Å². The summed E-state index contributed by atoms with van der Waals surface area (Å²) < 4.78 is 36.4. The number of anilines is 2. The van der Waals surface area contributed by atoms with E-state index in [4.69, 9.17) is 5.73 Å². The molecule has 0 aromatic heterocycles. The van der Waals surface area contributed by atoms with Gasteiger partial charge in [0.2, 0.25) is 0 Å². The Labute approximate surface area is 99.9 Å². The Morgan fingerprint density at radius 2 is 2.18 bits per heavy atom. The van der Waals surface area contributed by atoms with E-state index in [9.17, 15) is 12.8 Å². The van der Waals surface area contributed by atoms with Gasteiger partial charge in [0.15, 0.2) is 9.84 Å². The third-order valence-electron chi connectivity index (χ3n) is 2.93. The molecule has 3 N–H and O–H groups in total. The average molecular weight is 258 g/mol. The molecular formula is C11H15FN2O2S. The van der Waals surface area contributed by atoms with Crippen LogP contribution in [0.3, 0.4) is 0 Å². The molecule has 1 atom stereocenters. The first-order valence-corrected chi connectivity index (χ1v) is 7.15. The van der Waals surface area contributed by atoms with Gasteiger partial charge in [-0.1, -0.05) is 0 Å². The summed E-state index contributed by atoms with van der Waals surface area (Å²) in [7, 11) is -3.00. The van der Waals surface area contributed by atoms with Crippen LogP contribution in [0.1, 0.15) is 13.3 Å². The van der Waals surface area contributed by atoms with Crippen LogP contribution in [0, 0.1) is 5.82 Å². The van der Waals surface area contributed by atoms with Crippen LogP contribution >= 0.6 is 0 Å². The van der Waals surface area contributed by atoms with Crippen LogP contribution in [0.15, 0.2) is 18.2 Å². The molecule has 94 valence electrons. The van der Waals surface area contributed by atoms with Crippen molar-refractivity contribution in [1.82, 2.24) is 0 Å². The van der Waals surface area contributed by atoms with E-state index in [-0.39, 0.29) is 11.5 Å².